The van der Waals surface area contributed by atoms with E-state index in [2.05, 4.69) is 5.92 Å². The van der Waals surface area contributed by atoms with Crippen LogP contribution in [0.2, 0.25) is 5.02 Å². The number of halogens is 1. The van der Waals surface area contributed by atoms with Gasteiger partial charge in [-0.15, -0.1) is 6.42 Å². The molecule has 0 radical (unpaired) electrons. The van der Waals surface area contributed by atoms with Gasteiger partial charge in [-0.3, -0.25) is 0 Å². The second-order valence-electron chi connectivity index (χ2n) is 2.29. The number of benzene rings is 1. The molecule has 1 nitrogen and oxygen atoms in total. The Morgan fingerprint density at radius 2 is 2.18 bits per heavy atom. The Hall–Kier alpha value is -1.13. The number of rotatable bonds is 0. The fraction of sp³-hybridized carbons (Fsp3) is 0.111. The quantitative estimate of drug-likeness (QED) is 0.463. The summed E-state index contributed by atoms with van der Waals surface area (Å²) >= 11 is 5.88. The molecule has 0 heterocycles. The predicted molar refractivity (Wildman–Crippen MR) is 48.5 cm³/mol. The molecule has 0 saturated carbocycles. The van der Waals surface area contributed by atoms with Crippen LogP contribution in [-0.4, -0.2) is 0 Å². The van der Waals surface area contributed by atoms with Gasteiger partial charge in [0.05, 0.1) is 5.02 Å². The van der Waals surface area contributed by atoms with Crippen LogP contribution in [-0.2, 0) is 0 Å². The van der Waals surface area contributed by atoms with Gasteiger partial charge in [0.2, 0.25) is 0 Å². The maximum Gasteiger partial charge on any atom is 0.0612 e. The van der Waals surface area contributed by atoms with Crippen molar-refractivity contribution in [3.8, 4) is 12.3 Å². The number of hydrogen-bond acceptors (Lipinski definition) is 1. The molecule has 0 saturated heterocycles. The first-order chi connectivity index (χ1) is 5.16. The molecule has 56 valence electrons. The van der Waals surface area contributed by atoms with Crippen LogP contribution in [0.5, 0.6) is 0 Å². The molecule has 1 aromatic rings. The van der Waals surface area contributed by atoms with Gasteiger partial charge in [0.15, 0.2) is 0 Å². The largest absolute Gasteiger partial charge is 0.398 e. The molecule has 2 heteroatoms. The van der Waals surface area contributed by atoms with Gasteiger partial charge in [-0.2, -0.15) is 0 Å². The van der Waals surface area contributed by atoms with Gasteiger partial charge < -0.3 is 5.73 Å². The summed E-state index contributed by atoms with van der Waals surface area (Å²) in [6, 6.07) is 3.50. The van der Waals surface area contributed by atoms with Gasteiger partial charge in [-0.25, -0.2) is 0 Å². The second-order valence-corrected chi connectivity index (χ2v) is 2.66. The summed E-state index contributed by atoms with van der Waals surface area (Å²) in [4.78, 5) is 0. The first-order valence-electron chi connectivity index (χ1n) is 3.18. The smallest absolute Gasteiger partial charge is 0.0612 e. The fourth-order valence-electron chi connectivity index (χ4n) is 0.811. The molecule has 0 bridgehead atoms. The van der Waals surface area contributed by atoms with Crippen molar-refractivity contribution in [1.29, 1.82) is 0 Å². The molecule has 0 fully saturated rings. The highest BCUT2D eigenvalue weighted by Gasteiger charge is 2.02. The van der Waals surface area contributed by atoms with Crippen molar-refractivity contribution in [2.45, 2.75) is 6.92 Å². The van der Waals surface area contributed by atoms with E-state index >= 15 is 0 Å². The minimum atomic E-state index is 0.576. The van der Waals surface area contributed by atoms with Crippen molar-refractivity contribution >= 4 is 17.3 Å². The minimum absolute atomic E-state index is 0.576. The lowest BCUT2D eigenvalue weighted by molar-refractivity contribution is 1.45. The molecule has 2 N–H and O–H groups in total. The number of terminal acetylenes is 1. The molecular formula is C9H8ClN. The lowest BCUT2D eigenvalue weighted by Crippen LogP contribution is -1.91. The lowest BCUT2D eigenvalue weighted by atomic mass is 10.1. The fourth-order valence-corrected chi connectivity index (χ4v) is 1.04. The van der Waals surface area contributed by atoms with Crippen molar-refractivity contribution in [3.05, 3.63) is 28.3 Å². The summed E-state index contributed by atoms with van der Waals surface area (Å²) in [6.07, 6.45) is 5.19. The average molecular weight is 166 g/mol. The van der Waals surface area contributed by atoms with Crippen LogP contribution in [0, 0.1) is 19.3 Å². The highest BCUT2D eigenvalue weighted by atomic mass is 35.5. The van der Waals surface area contributed by atoms with E-state index in [4.69, 9.17) is 23.8 Å². The van der Waals surface area contributed by atoms with Crippen LogP contribution >= 0.6 is 11.6 Å². The van der Waals surface area contributed by atoms with Gasteiger partial charge in [0.25, 0.3) is 0 Å². The highest BCUT2D eigenvalue weighted by Crippen LogP contribution is 2.24. The Morgan fingerprint density at radius 3 is 2.73 bits per heavy atom. The molecule has 11 heavy (non-hydrogen) atoms. The van der Waals surface area contributed by atoms with Crippen LogP contribution < -0.4 is 5.73 Å². The first kappa shape index (κ1) is 7.97. The zero-order valence-corrected chi connectivity index (χ0v) is 6.94. The maximum atomic E-state index is 5.88. The van der Waals surface area contributed by atoms with Crippen molar-refractivity contribution < 1.29 is 0 Å². The Bertz CT molecular complexity index is 323. The van der Waals surface area contributed by atoms with E-state index in [9.17, 15) is 0 Å². The summed E-state index contributed by atoms with van der Waals surface area (Å²) in [5.74, 6) is 2.48. The molecule has 0 aliphatic rings. The van der Waals surface area contributed by atoms with E-state index < -0.39 is 0 Å². The monoisotopic (exact) mass is 165 g/mol. The van der Waals surface area contributed by atoms with E-state index in [-0.39, 0.29) is 0 Å². The number of nitrogen functional groups attached to an aromatic ring is 1. The topological polar surface area (TPSA) is 26.0 Å². The summed E-state index contributed by atoms with van der Waals surface area (Å²) in [5.41, 5.74) is 7.81. The van der Waals surface area contributed by atoms with Crippen molar-refractivity contribution in [2.75, 3.05) is 5.73 Å². The summed E-state index contributed by atoms with van der Waals surface area (Å²) in [7, 11) is 0. The third kappa shape index (κ3) is 1.31. The lowest BCUT2D eigenvalue weighted by Gasteiger charge is -2.03. The van der Waals surface area contributed by atoms with Crippen LogP contribution in [0.4, 0.5) is 5.69 Å². The van der Waals surface area contributed by atoms with E-state index in [1.165, 1.54) is 0 Å². The van der Waals surface area contributed by atoms with Gasteiger partial charge in [-0.05, 0) is 24.6 Å². The number of nitrogens with two attached hydrogens (primary N) is 1. The number of anilines is 1. The molecule has 1 rings (SSSR count). The molecule has 0 atom stereocenters. The summed E-state index contributed by atoms with van der Waals surface area (Å²) < 4.78 is 0. The van der Waals surface area contributed by atoms with Crippen LogP contribution in [0.25, 0.3) is 0 Å². The van der Waals surface area contributed by atoms with Crippen molar-refractivity contribution in [1.82, 2.24) is 0 Å². The molecule has 0 aliphatic carbocycles. The summed E-state index contributed by atoms with van der Waals surface area (Å²) in [6.45, 7) is 1.85. The van der Waals surface area contributed by atoms with Gasteiger partial charge in [0.1, 0.15) is 0 Å². The molecule has 0 amide bonds. The zero-order valence-electron chi connectivity index (χ0n) is 6.19. The molecule has 0 unspecified atom stereocenters. The van der Waals surface area contributed by atoms with E-state index in [1.54, 1.807) is 12.1 Å². The van der Waals surface area contributed by atoms with E-state index in [0.717, 1.165) is 5.56 Å². The SMILES string of the molecule is C#Cc1ccc(N)c(C)c1Cl. The normalized spacial score (nSPS) is 9.18. The molecule has 0 aliphatic heterocycles. The average Bonchev–Trinajstić information content (AvgIpc) is 2.01. The van der Waals surface area contributed by atoms with Crippen molar-refractivity contribution in [2.24, 2.45) is 0 Å². The summed E-state index contributed by atoms with van der Waals surface area (Å²) in [5, 5.41) is 0.576. The Kier molecular flexibility index (Phi) is 2.07. The van der Waals surface area contributed by atoms with E-state index in [1.807, 2.05) is 6.92 Å². The predicted octanol–water partition coefficient (Wildman–Crippen LogP) is 2.21. The first-order valence-corrected chi connectivity index (χ1v) is 3.55. The molecule has 0 spiro atoms. The third-order valence-electron chi connectivity index (χ3n) is 1.58. The zero-order chi connectivity index (χ0) is 8.43. The van der Waals surface area contributed by atoms with Gasteiger partial charge in [0, 0.05) is 11.3 Å². The highest BCUT2D eigenvalue weighted by molar-refractivity contribution is 6.32. The molecule has 1 aromatic carbocycles. The Labute approximate surface area is 71.2 Å². The third-order valence-corrected chi connectivity index (χ3v) is 2.07. The van der Waals surface area contributed by atoms with Crippen LogP contribution in [0.15, 0.2) is 12.1 Å². The van der Waals surface area contributed by atoms with Crippen molar-refractivity contribution in [3.63, 3.8) is 0 Å². The molecular weight excluding hydrogens is 158 g/mol. The van der Waals surface area contributed by atoms with Gasteiger partial charge >= 0.3 is 0 Å². The number of hydrogen-bond donors (Lipinski definition) is 1. The van der Waals surface area contributed by atoms with E-state index in [0.29, 0.717) is 16.3 Å². The minimum Gasteiger partial charge on any atom is -0.398 e. The van der Waals surface area contributed by atoms with Crippen LogP contribution in [0.3, 0.4) is 0 Å². The standard InChI is InChI=1S/C9H8ClN/c1-3-7-4-5-8(11)6(2)9(7)10/h1,4-5H,11H2,2H3. The maximum absolute atomic E-state index is 5.88. The molecule has 0 aromatic heterocycles. The van der Waals surface area contributed by atoms with Gasteiger partial charge in [-0.1, -0.05) is 17.5 Å². The Morgan fingerprint density at radius 1 is 1.55 bits per heavy atom. The second kappa shape index (κ2) is 2.86. The Balaban J connectivity index is 3.40. The van der Waals surface area contributed by atoms with Crippen LogP contribution in [0.1, 0.15) is 11.1 Å².